The number of likely N-dealkylation sites (tertiary alicyclic amines) is 1. The molecule has 146 valence electrons. The molecule has 1 N–H and O–H groups in total. The van der Waals surface area contributed by atoms with Gasteiger partial charge in [0.1, 0.15) is 0 Å². The smallest absolute Gasteiger partial charge is 0.226 e. The molecule has 1 unspecified atom stereocenters. The van der Waals surface area contributed by atoms with Gasteiger partial charge in [0.15, 0.2) is 0 Å². The quantitative estimate of drug-likeness (QED) is 0.806. The van der Waals surface area contributed by atoms with E-state index in [1.165, 1.54) is 12.8 Å². The van der Waals surface area contributed by atoms with Crippen molar-refractivity contribution in [1.82, 2.24) is 20.0 Å². The first kappa shape index (κ1) is 18.2. The van der Waals surface area contributed by atoms with Crippen LogP contribution in [0, 0.1) is 17.3 Å². The Morgan fingerprint density at radius 3 is 2.27 bits per heavy atom. The highest BCUT2D eigenvalue weighted by molar-refractivity contribution is 5.83. The minimum atomic E-state index is 0.285. The Bertz CT molecular complexity index is 530. The largest absolute Gasteiger partial charge is 0.342 e. The van der Waals surface area contributed by atoms with E-state index in [0.29, 0.717) is 29.6 Å². The van der Waals surface area contributed by atoms with Crippen LogP contribution in [-0.4, -0.2) is 85.9 Å². The van der Waals surface area contributed by atoms with Gasteiger partial charge in [-0.2, -0.15) is 0 Å². The van der Waals surface area contributed by atoms with E-state index >= 15 is 0 Å². The van der Waals surface area contributed by atoms with Crippen LogP contribution in [0.25, 0.3) is 0 Å². The summed E-state index contributed by atoms with van der Waals surface area (Å²) in [7, 11) is 2.11. The summed E-state index contributed by atoms with van der Waals surface area (Å²) in [6, 6.07) is 0. The van der Waals surface area contributed by atoms with E-state index in [-0.39, 0.29) is 5.92 Å². The molecule has 1 spiro atoms. The van der Waals surface area contributed by atoms with E-state index in [1.807, 2.05) is 4.90 Å². The summed E-state index contributed by atoms with van der Waals surface area (Å²) in [5.41, 5.74) is 0.330. The molecule has 3 aliphatic heterocycles. The number of piperidine rings is 2. The molecule has 0 aromatic heterocycles. The zero-order chi connectivity index (χ0) is 18.1. The van der Waals surface area contributed by atoms with Gasteiger partial charge in [0.25, 0.3) is 0 Å². The van der Waals surface area contributed by atoms with E-state index in [9.17, 15) is 9.59 Å². The van der Waals surface area contributed by atoms with Gasteiger partial charge < -0.3 is 20.0 Å². The van der Waals surface area contributed by atoms with Crippen molar-refractivity contribution in [2.45, 2.75) is 38.5 Å². The van der Waals surface area contributed by atoms with Crippen LogP contribution < -0.4 is 5.32 Å². The number of carbonyl (C=O) groups is 2. The second kappa shape index (κ2) is 7.47. The lowest BCUT2D eigenvalue weighted by molar-refractivity contribution is -0.136. The second-order valence-electron chi connectivity index (χ2n) is 9.03. The Morgan fingerprint density at radius 2 is 1.62 bits per heavy atom. The van der Waals surface area contributed by atoms with Gasteiger partial charge in [-0.1, -0.05) is 0 Å². The number of carbonyl (C=O) groups excluding carboxylic acids is 2. The Balaban J connectivity index is 1.21. The van der Waals surface area contributed by atoms with Gasteiger partial charge in [-0.25, -0.2) is 0 Å². The molecular weight excluding hydrogens is 328 g/mol. The van der Waals surface area contributed by atoms with Crippen molar-refractivity contribution in [3.8, 4) is 0 Å². The Morgan fingerprint density at radius 1 is 0.962 bits per heavy atom. The number of likely N-dealkylation sites (N-methyl/N-ethyl adjacent to an activating group) is 1. The molecule has 26 heavy (non-hydrogen) atoms. The fourth-order valence-electron chi connectivity index (χ4n) is 5.18. The summed E-state index contributed by atoms with van der Waals surface area (Å²) in [5, 5.41) is 3.41. The molecule has 1 aliphatic carbocycles. The summed E-state index contributed by atoms with van der Waals surface area (Å²) in [4.78, 5) is 31.8. The maximum atomic E-state index is 12.9. The molecule has 3 saturated heterocycles. The SMILES string of the molecule is CN1CCN(C(=O)CC2CCN(C(=O)C3CC34CCNCC4)CC2)CC1. The Labute approximate surface area is 157 Å². The van der Waals surface area contributed by atoms with Crippen LogP contribution in [0.1, 0.15) is 38.5 Å². The van der Waals surface area contributed by atoms with Gasteiger partial charge in [-0.15, -0.1) is 0 Å². The third-order valence-electron chi connectivity index (χ3n) is 7.33. The topological polar surface area (TPSA) is 55.9 Å². The first-order valence-corrected chi connectivity index (χ1v) is 10.5. The predicted molar refractivity (Wildman–Crippen MR) is 101 cm³/mol. The molecular formula is C20H34N4O2. The molecule has 3 heterocycles. The van der Waals surface area contributed by atoms with Crippen LogP contribution in [0.4, 0.5) is 0 Å². The summed E-state index contributed by atoms with van der Waals surface area (Å²) >= 11 is 0. The minimum Gasteiger partial charge on any atom is -0.342 e. The number of hydrogen-bond donors (Lipinski definition) is 1. The van der Waals surface area contributed by atoms with E-state index in [4.69, 9.17) is 0 Å². The van der Waals surface area contributed by atoms with Crippen LogP contribution in [0.15, 0.2) is 0 Å². The van der Waals surface area contributed by atoms with Crippen molar-refractivity contribution in [3.05, 3.63) is 0 Å². The Hall–Kier alpha value is -1.14. The number of rotatable bonds is 3. The maximum absolute atomic E-state index is 12.9. The molecule has 1 saturated carbocycles. The van der Waals surface area contributed by atoms with Gasteiger partial charge in [0.05, 0.1) is 0 Å². The standard InChI is InChI=1S/C20H34N4O2/c1-22-10-12-23(13-11-22)18(25)14-16-2-8-24(9-3-16)19(26)17-15-20(17)4-6-21-7-5-20/h16-17,21H,2-15H2,1H3. The van der Waals surface area contributed by atoms with Crippen LogP contribution in [0.2, 0.25) is 0 Å². The van der Waals surface area contributed by atoms with Crippen molar-refractivity contribution in [1.29, 1.82) is 0 Å². The monoisotopic (exact) mass is 362 g/mol. The number of amides is 2. The van der Waals surface area contributed by atoms with Crippen LogP contribution in [-0.2, 0) is 9.59 Å². The second-order valence-corrected chi connectivity index (χ2v) is 9.03. The molecule has 0 aromatic rings. The predicted octanol–water partition coefficient (Wildman–Crippen LogP) is 0.779. The van der Waals surface area contributed by atoms with Crippen LogP contribution >= 0.6 is 0 Å². The fourth-order valence-corrected chi connectivity index (χ4v) is 5.18. The van der Waals surface area contributed by atoms with Gasteiger partial charge >= 0.3 is 0 Å². The number of nitrogens with one attached hydrogen (secondary N) is 1. The third kappa shape index (κ3) is 3.77. The average Bonchev–Trinajstić information content (AvgIpc) is 3.35. The molecule has 6 heteroatoms. The minimum absolute atomic E-state index is 0.285. The van der Waals surface area contributed by atoms with Crippen LogP contribution in [0.3, 0.4) is 0 Å². The van der Waals surface area contributed by atoms with Gasteiger partial charge in [-0.05, 0) is 63.6 Å². The van der Waals surface area contributed by atoms with Crippen molar-refractivity contribution in [2.24, 2.45) is 17.3 Å². The average molecular weight is 363 g/mol. The highest BCUT2D eigenvalue weighted by Gasteiger charge is 2.58. The van der Waals surface area contributed by atoms with Crippen molar-refractivity contribution < 1.29 is 9.59 Å². The molecule has 4 aliphatic rings. The molecule has 4 rings (SSSR count). The number of nitrogens with zero attached hydrogens (tertiary/aromatic N) is 3. The lowest BCUT2D eigenvalue weighted by Crippen LogP contribution is -2.48. The molecule has 6 nitrogen and oxygen atoms in total. The molecule has 4 fully saturated rings. The van der Waals surface area contributed by atoms with E-state index < -0.39 is 0 Å². The summed E-state index contributed by atoms with van der Waals surface area (Å²) in [6.45, 7) is 7.54. The molecule has 1 atom stereocenters. The Kier molecular flexibility index (Phi) is 5.24. The molecule has 2 amide bonds. The van der Waals surface area contributed by atoms with Crippen molar-refractivity contribution >= 4 is 11.8 Å². The van der Waals surface area contributed by atoms with Crippen molar-refractivity contribution in [3.63, 3.8) is 0 Å². The lowest BCUT2D eigenvalue weighted by Gasteiger charge is -2.36. The van der Waals surface area contributed by atoms with E-state index in [2.05, 4.69) is 22.2 Å². The fraction of sp³-hybridized carbons (Fsp3) is 0.900. The van der Waals surface area contributed by atoms with E-state index in [0.717, 1.165) is 71.6 Å². The normalized spacial score (nSPS) is 29.8. The first-order chi connectivity index (χ1) is 12.6. The van der Waals surface area contributed by atoms with Gasteiger partial charge in [0.2, 0.25) is 11.8 Å². The lowest BCUT2D eigenvalue weighted by atomic mass is 9.90. The number of hydrogen-bond acceptors (Lipinski definition) is 4. The maximum Gasteiger partial charge on any atom is 0.226 e. The molecule has 0 radical (unpaired) electrons. The summed E-state index contributed by atoms with van der Waals surface area (Å²) in [6.07, 6.45) is 6.10. The zero-order valence-corrected chi connectivity index (χ0v) is 16.2. The summed E-state index contributed by atoms with van der Waals surface area (Å²) < 4.78 is 0. The molecule has 0 bridgehead atoms. The van der Waals surface area contributed by atoms with Crippen LogP contribution in [0.5, 0.6) is 0 Å². The van der Waals surface area contributed by atoms with Crippen molar-refractivity contribution in [2.75, 3.05) is 59.4 Å². The number of piperazine rings is 1. The van der Waals surface area contributed by atoms with Gasteiger partial charge in [0, 0.05) is 51.6 Å². The van der Waals surface area contributed by atoms with Gasteiger partial charge in [-0.3, -0.25) is 9.59 Å². The highest BCUT2D eigenvalue weighted by Crippen LogP contribution is 2.59. The first-order valence-electron chi connectivity index (χ1n) is 10.5. The van der Waals surface area contributed by atoms with E-state index in [1.54, 1.807) is 0 Å². The summed E-state index contributed by atoms with van der Waals surface area (Å²) in [5.74, 6) is 1.46. The molecule has 0 aromatic carbocycles. The highest BCUT2D eigenvalue weighted by atomic mass is 16.2. The zero-order valence-electron chi connectivity index (χ0n) is 16.2. The third-order valence-corrected chi connectivity index (χ3v) is 7.33.